The van der Waals surface area contributed by atoms with Crippen LogP contribution in [0.25, 0.3) is 0 Å². The summed E-state index contributed by atoms with van der Waals surface area (Å²) in [5, 5.41) is 2.89. The maximum absolute atomic E-state index is 12.1. The topological polar surface area (TPSA) is 56.8 Å². The van der Waals surface area contributed by atoms with Crippen molar-refractivity contribution in [3.8, 4) is 17.2 Å². The van der Waals surface area contributed by atoms with Crippen molar-refractivity contribution < 1.29 is 19.0 Å². The zero-order valence-electron chi connectivity index (χ0n) is 16.0. The van der Waals surface area contributed by atoms with Gasteiger partial charge in [0, 0.05) is 0 Å². The van der Waals surface area contributed by atoms with Gasteiger partial charge >= 0.3 is 0 Å². The number of carbonyl (C=O) groups is 1. The zero-order chi connectivity index (χ0) is 19.1. The minimum atomic E-state index is -0.163. The summed E-state index contributed by atoms with van der Waals surface area (Å²) in [6.07, 6.45) is 4.71. The van der Waals surface area contributed by atoms with Gasteiger partial charge in [-0.25, -0.2) is 0 Å². The quantitative estimate of drug-likeness (QED) is 0.773. The Morgan fingerprint density at radius 3 is 2.56 bits per heavy atom. The van der Waals surface area contributed by atoms with Crippen molar-refractivity contribution in [2.24, 2.45) is 0 Å². The Morgan fingerprint density at radius 1 is 1.04 bits per heavy atom. The van der Waals surface area contributed by atoms with Crippen molar-refractivity contribution in [3.63, 3.8) is 0 Å². The molecule has 5 nitrogen and oxygen atoms in total. The highest BCUT2D eigenvalue weighted by atomic mass is 16.5. The van der Waals surface area contributed by atoms with Crippen LogP contribution in [0.3, 0.4) is 0 Å². The number of hydrogen-bond acceptors (Lipinski definition) is 4. The molecule has 1 N–H and O–H groups in total. The van der Waals surface area contributed by atoms with Gasteiger partial charge in [-0.15, -0.1) is 0 Å². The molecule has 1 atom stereocenters. The summed E-state index contributed by atoms with van der Waals surface area (Å²) in [5.41, 5.74) is 2.75. The van der Waals surface area contributed by atoms with Crippen LogP contribution in [0, 0.1) is 0 Å². The Bertz CT molecular complexity index is 775. The first kappa shape index (κ1) is 19.1. The Hall–Kier alpha value is -2.69. The van der Waals surface area contributed by atoms with Gasteiger partial charge in [0.25, 0.3) is 5.91 Å². The van der Waals surface area contributed by atoms with Crippen LogP contribution < -0.4 is 19.5 Å². The van der Waals surface area contributed by atoms with Gasteiger partial charge in [-0.2, -0.15) is 0 Å². The van der Waals surface area contributed by atoms with Crippen LogP contribution in [0.1, 0.15) is 30.9 Å². The zero-order valence-corrected chi connectivity index (χ0v) is 16.0. The number of nitrogens with one attached hydrogen (secondary N) is 1. The van der Waals surface area contributed by atoms with Gasteiger partial charge < -0.3 is 19.5 Å². The van der Waals surface area contributed by atoms with Crippen LogP contribution >= 0.6 is 0 Å². The Morgan fingerprint density at radius 2 is 1.78 bits per heavy atom. The first-order valence-corrected chi connectivity index (χ1v) is 9.45. The molecule has 2 aromatic carbocycles. The SMILES string of the molecule is COc1ccccc1OC[C@H](C)NC(=O)COc1ccc2c(c1)CCCC2. The van der Waals surface area contributed by atoms with E-state index in [1.807, 2.05) is 37.3 Å². The fraction of sp³-hybridized carbons (Fsp3) is 0.409. The van der Waals surface area contributed by atoms with Crippen molar-refractivity contribution >= 4 is 5.91 Å². The average molecular weight is 369 g/mol. The summed E-state index contributed by atoms with van der Waals surface area (Å²) in [6, 6.07) is 13.4. The number of carbonyl (C=O) groups excluding carboxylic acids is 1. The molecule has 27 heavy (non-hydrogen) atoms. The standard InChI is InChI=1S/C22H27NO4/c1-16(14-27-21-10-6-5-9-20(21)25-2)23-22(24)15-26-19-12-11-17-7-3-4-8-18(17)13-19/h5-6,9-13,16H,3-4,7-8,14-15H2,1-2H3,(H,23,24)/t16-/m0/s1. The monoisotopic (exact) mass is 369 g/mol. The summed E-state index contributed by atoms with van der Waals surface area (Å²) in [4.78, 5) is 12.1. The fourth-order valence-electron chi connectivity index (χ4n) is 3.26. The van der Waals surface area contributed by atoms with Crippen LogP contribution in [0.5, 0.6) is 17.2 Å². The number of hydrogen-bond donors (Lipinski definition) is 1. The molecule has 1 aliphatic rings. The van der Waals surface area contributed by atoms with Crippen LogP contribution in [0.15, 0.2) is 42.5 Å². The number of rotatable bonds is 8. The lowest BCUT2D eigenvalue weighted by Gasteiger charge is -2.18. The first-order chi connectivity index (χ1) is 13.2. The van der Waals surface area contributed by atoms with E-state index in [1.165, 1.54) is 24.0 Å². The van der Waals surface area contributed by atoms with Gasteiger partial charge in [-0.1, -0.05) is 18.2 Å². The molecule has 0 saturated heterocycles. The average Bonchev–Trinajstić information content (AvgIpc) is 2.70. The highest BCUT2D eigenvalue weighted by molar-refractivity contribution is 5.77. The van der Waals surface area contributed by atoms with E-state index in [4.69, 9.17) is 14.2 Å². The summed E-state index contributed by atoms with van der Waals surface area (Å²) in [7, 11) is 1.60. The molecule has 0 radical (unpaired) electrons. The number of aryl methyl sites for hydroxylation is 2. The van der Waals surface area contributed by atoms with E-state index in [-0.39, 0.29) is 18.6 Å². The smallest absolute Gasteiger partial charge is 0.258 e. The lowest BCUT2D eigenvalue weighted by molar-refractivity contribution is -0.123. The van der Waals surface area contributed by atoms with E-state index < -0.39 is 0 Å². The molecule has 0 fully saturated rings. The molecule has 1 aliphatic carbocycles. The normalized spacial score (nSPS) is 14.0. The van der Waals surface area contributed by atoms with Gasteiger partial charge in [-0.05, 0) is 68.0 Å². The number of para-hydroxylation sites is 2. The number of fused-ring (bicyclic) bond motifs is 1. The summed E-state index contributed by atoms with van der Waals surface area (Å²) >= 11 is 0. The van der Waals surface area contributed by atoms with Crippen LogP contribution in [-0.4, -0.2) is 32.3 Å². The molecule has 0 heterocycles. The molecule has 144 valence electrons. The van der Waals surface area contributed by atoms with Crippen molar-refractivity contribution in [1.29, 1.82) is 0 Å². The third-order valence-electron chi connectivity index (χ3n) is 4.66. The van der Waals surface area contributed by atoms with E-state index in [0.717, 1.165) is 18.6 Å². The Balaban J connectivity index is 1.43. The highest BCUT2D eigenvalue weighted by Crippen LogP contribution is 2.26. The maximum Gasteiger partial charge on any atom is 0.258 e. The van der Waals surface area contributed by atoms with Gasteiger partial charge in [-0.3, -0.25) is 4.79 Å². The fourth-order valence-corrected chi connectivity index (χ4v) is 3.26. The molecule has 0 saturated carbocycles. The number of methoxy groups -OCH3 is 1. The molecule has 0 aromatic heterocycles. The maximum atomic E-state index is 12.1. The second kappa shape index (κ2) is 9.31. The predicted octanol–water partition coefficient (Wildman–Crippen LogP) is 3.54. The number of amides is 1. The summed E-state index contributed by atoms with van der Waals surface area (Å²) in [5.74, 6) is 1.92. The minimum Gasteiger partial charge on any atom is -0.493 e. The Kier molecular flexibility index (Phi) is 6.58. The molecule has 1 amide bonds. The molecular weight excluding hydrogens is 342 g/mol. The molecule has 5 heteroatoms. The molecule has 3 rings (SSSR count). The Labute approximate surface area is 160 Å². The molecule has 0 unspecified atom stereocenters. The van der Waals surface area contributed by atoms with Crippen molar-refractivity contribution in [1.82, 2.24) is 5.32 Å². The lowest BCUT2D eigenvalue weighted by Crippen LogP contribution is -2.39. The number of ether oxygens (including phenoxy) is 3. The second-order valence-corrected chi connectivity index (χ2v) is 6.86. The third-order valence-corrected chi connectivity index (χ3v) is 4.66. The minimum absolute atomic E-state index is 0.00220. The van der Waals surface area contributed by atoms with Gasteiger partial charge in [0.15, 0.2) is 18.1 Å². The largest absolute Gasteiger partial charge is 0.493 e. The summed E-state index contributed by atoms with van der Waals surface area (Å²) in [6.45, 7) is 2.24. The molecule has 0 spiro atoms. The van der Waals surface area contributed by atoms with Crippen LogP contribution in [0.4, 0.5) is 0 Å². The number of benzene rings is 2. The highest BCUT2D eigenvalue weighted by Gasteiger charge is 2.13. The first-order valence-electron chi connectivity index (χ1n) is 9.45. The van der Waals surface area contributed by atoms with Crippen molar-refractivity contribution in [2.45, 2.75) is 38.6 Å². The second-order valence-electron chi connectivity index (χ2n) is 6.86. The van der Waals surface area contributed by atoms with Crippen molar-refractivity contribution in [2.75, 3.05) is 20.3 Å². The van der Waals surface area contributed by atoms with Crippen molar-refractivity contribution in [3.05, 3.63) is 53.6 Å². The van der Waals surface area contributed by atoms with Gasteiger partial charge in [0.05, 0.1) is 13.2 Å². The lowest BCUT2D eigenvalue weighted by atomic mass is 9.92. The predicted molar refractivity (Wildman–Crippen MR) is 105 cm³/mol. The van der Waals surface area contributed by atoms with E-state index in [1.54, 1.807) is 7.11 Å². The van der Waals surface area contributed by atoms with E-state index >= 15 is 0 Å². The molecule has 0 aliphatic heterocycles. The van der Waals surface area contributed by atoms with Gasteiger partial charge in [0.2, 0.25) is 0 Å². The molecular formula is C22H27NO4. The van der Waals surface area contributed by atoms with Gasteiger partial charge in [0.1, 0.15) is 12.4 Å². The van der Waals surface area contributed by atoms with Crippen LogP contribution in [-0.2, 0) is 17.6 Å². The van der Waals surface area contributed by atoms with Crippen LogP contribution in [0.2, 0.25) is 0 Å². The van der Waals surface area contributed by atoms with E-state index in [2.05, 4.69) is 17.4 Å². The third kappa shape index (κ3) is 5.39. The molecule has 2 aromatic rings. The van der Waals surface area contributed by atoms with E-state index in [0.29, 0.717) is 18.1 Å². The van der Waals surface area contributed by atoms with E-state index in [9.17, 15) is 4.79 Å². The molecule has 0 bridgehead atoms. The summed E-state index contributed by atoms with van der Waals surface area (Å²) < 4.78 is 16.6.